The summed E-state index contributed by atoms with van der Waals surface area (Å²) in [7, 11) is 0. The largest absolute Gasteiger partial charge is 0.417 e. The van der Waals surface area contributed by atoms with Crippen LogP contribution in [0.4, 0.5) is 13.2 Å². The van der Waals surface area contributed by atoms with E-state index in [4.69, 9.17) is 11.6 Å². The van der Waals surface area contributed by atoms with Crippen molar-refractivity contribution in [1.82, 2.24) is 9.38 Å². The molecule has 108 valence electrons. The molecule has 0 fully saturated rings. The molecule has 2 aromatic heterocycles. The van der Waals surface area contributed by atoms with Crippen molar-refractivity contribution >= 4 is 23.0 Å². The number of halogens is 4. The highest BCUT2D eigenvalue weighted by atomic mass is 35.5. The number of pyridine rings is 1. The number of carbonyl (C=O) groups excluding carboxylic acids is 1. The molecule has 2 heterocycles. The van der Waals surface area contributed by atoms with Gasteiger partial charge < -0.3 is 4.40 Å². The van der Waals surface area contributed by atoms with E-state index in [0.29, 0.717) is 6.42 Å². The van der Waals surface area contributed by atoms with E-state index in [1.165, 1.54) is 6.20 Å². The van der Waals surface area contributed by atoms with Gasteiger partial charge in [0, 0.05) is 18.3 Å². The van der Waals surface area contributed by atoms with Gasteiger partial charge in [-0.25, -0.2) is 4.98 Å². The first-order valence-corrected chi connectivity index (χ1v) is 6.41. The van der Waals surface area contributed by atoms with Crippen LogP contribution < -0.4 is 0 Å². The first kappa shape index (κ1) is 14.8. The molecule has 0 bridgehead atoms. The molecule has 0 radical (unpaired) electrons. The highest BCUT2D eigenvalue weighted by Crippen LogP contribution is 2.32. The van der Waals surface area contributed by atoms with Gasteiger partial charge >= 0.3 is 6.18 Å². The normalized spacial score (nSPS) is 13.7. The molecule has 0 amide bonds. The zero-order valence-electron chi connectivity index (χ0n) is 10.8. The fraction of sp³-hybridized carbons (Fsp3) is 0.385. The Bertz CT molecular complexity index is 663. The predicted molar refractivity (Wildman–Crippen MR) is 69.0 cm³/mol. The van der Waals surface area contributed by atoms with Gasteiger partial charge in [0.05, 0.1) is 10.6 Å². The number of rotatable bonds is 3. The third kappa shape index (κ3) is 2.65. The summed E-state index contributed by atoms with van der Waals surface area (Å²) < 4.78 is 39.2. The van der Waals surface area contributed by atoms with Gasteiger partial charge in [-0.05, 0) is 12.5 Å². The molecular formula is C13H12ClF3N2O. The second kappa shape index (κ2) is 5.09. The predicted octanol–water partition coefficient (Wildman–Crippen LogP) is 4.24. The Hall–Kier alpha value is -1.56. The van der Waals surface area contributed by atoms with Gasteiger partial charge in [-0.1, -0.05) is 25.4 Å². The Kier molecular flexibility index (Phi) is 3.77. The minimum Gasteiger partial charge on any atom is -0.304 e. The van der Waals surface area contributed by atoms with Crippen molar-refractivity contribution in [3.8, 4) is 0 Å². The third-order valence-electron chi connectivity index (χ3n) is 3.15. The molecule has 0 aliphatic heterocycles. The average Bonchev–Trinajstić information content (AvgIpc) is 2.80. The first-order chi connectivity index (χ1) is 9.24. The molecule has 2 rings (SSSR count). The lowest BCUT2D eigenvalue weighted by atomic mass is 10.0. The molecule has 0 aliphatic carbocycles. The van der Waals surface area contributed by atoms with Crippen LogP contribution in [0.2, 0.25) is 5.02 Å². The van der Waals surface area contributed by atoms with E-state index in [1.807, 2.05) is 6.92 Å². The molecule has 20 heavy (non-hydrogen) atoms. The van der Waals surface area contributed by atoms with Crippen molar-refractivity contribution in [1.29, 1.82) is 0 Å². The Morgan fingerprint density at radius 2 is 2.10 bits per heavy atom. The molecule has 0 saturated heterocycles. The number of Topliss-reactive ketones (excluding diaryl/α,β-unsaturated/α-hetero) is 1. The molecule has 0 saturated carbocycles. The fourth-order valence-electron chi connectivity index (χ4n) is 1.77. The van der Waals surface area contributed by atoms with Crippen molar-refractivity contribution in [3.05, 3.63) is 34.7 Å². The Morgan fingerprint density at radius 3 is 2.65 bits per heavy atom. The number of ketones is 1. The maximum absolute atomic E-state index is 12.7. The summed E-state index contributed by atoms with van der Waals surface area (Å²) >= 11 is 5.81. The van der Waals surface area contributed by atoms with E-state index in [1.54, 1.807) is 6.92 Å². The van der Waals surface area contributed by atoms with Crippen molar-refractivity contribution in [2.45, 2.75) is 26.4 Å². The highest BCUT2D eigenvalue weighted by molar-refractivity contribution is 6.33. The Morgan fingerprint density at radius 1 is 1.45 bits per heavy atom. The monoisotopic (exact) mass is 304 g/mol. The zero-order chi connectivity index (χ0) is 15.1. The Labute approximate surface area is 118 Å². The van der Waals surface area contributed by atoms with Gasteiger partial charge in [-0.15, -0.1) is 0 Å². The average molecular weight is 305 g/mol. The molecule has 0 aliphatic rings. The quantitative estimate of drug-likeness (QED) is 0.795. The van der Waals surface area contributed by atoms with Gasteiger partial charge in [0.1, 0.15) is 5.69 Å². The summed E-state index contributed by atoms with van der Waals surface area (Å²) in [6, 6.07) is 0.807. The molecule has 7 heteroatoms. The van der Waals surface area contributed by atoms with Crippen LogP contribution in [-0.2, 0) is 6.18 Å². The number of alkyl halides is 3. The van der Waals surface area contributed by atoms with Crippen molar-refractivity contribution < 1.29 is 18.0 Å². The van der Waals surface area contributed by atoms with E-state index in [0.717, 1.165) is 16.7 Å². The molecule has 0 aromatic carbocycles. The summed E-state index contributed by atoms with van der Waals surface area (Å²) in [6.07, 6.45) is -1.70. The smallest absolute Gasteiger partial charge is 0.304 e. The van der Waals surface area contributed by atoms with E-state index >= 15 is 0 Å². The SMILES string of the molecule is CCC(C)C(=O)c1cn2cc(C(F)(F)F)cc(Cl)c2n1. The summed E-state index contributed by atoms with van der Waals surface area (Å²) in [5.41, 5.74) is -0.609. The van der Waals surface area contributed by atoms with E-state index in [9.17, 15) is 18.0 Å². The van der Waals surface area contributed by atoms with E-state index < -0.39 is 11.7 Å². The van der Waals surface area contributed by atoms with E-state index in [-0.39, 0.29) is 28.1 Å². The van der Waals surface area contributed by atoms with Gasteiger partial charge in [0.2, 0.25) is 0 Å². The number of carbonyl (C=O) groups is 1. The van der Waals surface area contributed by atoms with Crippen molar-refractivity contribution in [2.75, 3.05) is 0 Å². The highest BCUT2D eigenvalue weighted by Gasteiger charge is 2.32. The molecular weight excluding hydrogens is 293 g/mol. The Balaban J connectivity index is 2.54. The van der Waals surface area contributed by atoms with Crippen LogP contribution in [-0.4, -0.2) is 15.2 Å². The van der Waals surface area contributed by atoms with Gasteiger partial charge in [-0.2, -0.15) is 13.2 Å². The number of fused-ring (bicyclic) bond motifs is 1. The third-order valence-corrected chi connectivity index (χ3v) is 3.42. The standard InChI is InChI=1S/C13H12ClF3N2O/c1-3-7(2)11(20)10-6-19-5-8(13(15,16)17)4-9(14)12(19)18-10/h4-7H,3H2,1-2H3. The maximum atomic E-state index is 12.7. The van der Waals surface area contributed by atoms with Crippen molar-refractivity contribution in [2.24, 2.45) is 5.92 Å². The fourth-order valence-corrected chi connectivity index (χ4v) is 2.03. The van der Waals surface area contributed by atoms with Crippen LogP contribution in [0.5, 0.6) is 0 Å². The molecule has 1 unspecified atom stereocenters. The first-order valence-electron chi connectivity index (χ1n) is 6.03. The number of nitrogens with zero attached hydrogens (tertiary/aromatic N) is 2. The van der Waals surface area contributed by atoms with Crippen LogP contribution in [0.15, 0.2) is 18.5 Å². The number of hydrogen-bond acceptors (Lipinski definition) is 2. The van der Waals surface area contributed by atoms with Crippen LogP contribution in [0.3, 0.4) is 0 Å². The van der Waals surface area contributed by atoms with Crippen molar-refractivity contribution in [3.63, 3.8) is 0 Å². The van der Waals surface area contributed by atoms with E-state index in [2.05, 4.69) is 4.98 Å². The summed E-state index contributed by atoms with van der Waals surface area (Å²) in [6.45, 7) is 3.60. The second-order valence-corrected chi connectivity index (χ2v) is 5.01. The molecule has 0 spiro atoms. The van der Waals surface area contributed by atoms with Gasteiger partial charge in [-0.3, -0.25) is 4.79 Å². The zero-order valence-corrected chi connectivity index (χ0v) is 11.6. The lowest BCUT2D eigenvalue weighted by molar-refractivity contribution is -0.137. The minimum absolute atomic E-state index is 0.126. The molecule has 2 aromatic rings. The summed E-state index contributed by atoms with van der Waals surface area (Å²) in [5.74, 6) is -0.443. The summed E-state index contributed by atoms with van der Waals surface area (Å²) in [4.78, 5) is 16.0. The molecule has 1 atom stereocenters. The van der Waals surface area contributed by atoms with Gasteiger partial charge in [0.25, 0.3) is 0 Å². The van der Waals surface area contributed by atoms with Crippen LogP contribution in [0, 0.1) is 5.92 Å². The number of hydrogen-bond donors (Lipinski definition) is 0. The van der Waals surface area contributed by atoms with Crippen LogP contribution >= 0.6 is 11.6 Å². The maximum Gasteiger partial charge on any atom is 0.417 e. The van der Waals surface area contributed by atoms with Crippen LogP contribution in [0.1, 0.15) is 36.3 Å². The van der Waals surface area contributed by atoms with Crippen LogP contribution in [0.25, 0.3) is 5.65 Å². The van der Waals surface area contributed by atoms with Gasteiger partial charge in [0.15, 0.2) is 11.4 Å². The minimum atomic E-state index is -4.50. The number of aromatic nitrogens is 2. The lowest BCUT2D eigenvalue weighted by Crippen LogP contribution is -2.10. The second-order valence-electron chi connectivity index (χ2n) is 4.61. The summed E-state index contributed by atoms with van der Waals surface area (Å²) in [5, 5.41) is -0.136. The number of imidazole rings is 1. The topological polar surface area (TPSA) is 34.4 Å². The lowest BCUT2D eigenvalue weighted by Gasteiger charge is -2.07. The molecule has 3 nitrogen and oxygen atoms in total. The molecule has 0 N–H and O–H groups in total.